The second-order valence-corrected chi connectivity index (χ2v) is 7.81. The standard InChI is InChI=1S/C20H28N2O7/c1-19(2,3)28-18(26)29-20(11-15(23)12-22(20)16(24)9-10-21)17(25)27-13-14-7-5-4-6-8-14/h4-8,15,23H,9-13,21H2,1-3H3/t15-,20-/m1/s1. The topological polar surface area (TPSA) is 128 Å². The summed E-state index contributed by atoms with van der Waals surface area (Å²) in [5.41, 5.74) is 3.17. The Morgan fingerprint density at radius 2 is 1.90 bits per heavy atom. The molecule has 1 amide bonds. The molecule has 0 aliphatic carbocycles. The maximum absolute atomic E-state index is 13.0. The maximum Gasteiger partial charge on any atom is 0.511 e. The third-order valence-electron chi connectivity index (χ3n) is 4.17. The highest BCUT2D eigenvalue weighted by atomic mass is 16.8. The molecule has 1 aromatic carbocycles. The Bertz CT molecular complexity index is 732. The number of benzene rings is 1. The number of rotatable bonds is 6. The molecule has 0 saturated carbocycles. The smallest absolute Gasteiger partial charge is 0.456 e. The molecule has 2 atom stereocenters. The van der Waals surface area contributed by atoms with Gasteiger partial charge in [0.05, 0.1) is 12.6 Å². The van der Waals surface area contributed by atoms with E-state index >= 15 is 0 Å². The summed E-state index contributed by atoms with van der Waals surface area (Å²) in [6.45, 7) is 4.66. The van der Waals surface area contributed by atoms with E-state index in [2.05, 4.69) is 0 Å². The Hall–Kier alpha value is -2.65. The molecule has 1 aliphatic heterocycles. The van der Waals surface area contributed by atoms with Crippen LogP contribution in [0.15, 0.2) is 30.3 Å². The van der Waals surface area contributed by atoms with Crippen molar-refractivity contribution in [3.05, 3.63) is 35.9 Å². The molecule has 9 heteroatoms. The maximum atomic E-state index is 13.0. The molecule has 0 unspecified atom stereocenters. The SMILES string of the molecule is CC(C)(C)OC(=O)O[C@@]1(C(=O)OCc2ccccc2)C[C@@H](O)CN1C(=O)CCN. The third kappa shape index (κ3) is 5.91. The Morgan fingerprint density at radius 3 is 2.48 bits per heavy atom. The third-order valence-corrected chi connectivity index (χ3v) is 4.17. The predicted molar refractivity (Wildman–Crippen MR) is 102 cm³/mol. The van der Waals surface area contributed by atoms with Gasteiger partial charge < -0.3 is 25.1 Å². The summed E-state index contributed by atoms with van der Waals surface area (Å²) in [7, 11) is 0. The van der Waals surface area contributed by atoms with E-state index in [9.17, 15) is 19.5 Å². The van der Waals surface area contributed by atoms with E-state index in [0.29, 0.717) is 5.56 Å². The fourth-order valence-corrected chi connectivity index (χ4v) is 2.99. The Morgan fingerprint density at radius 1 is 1.24 bits per heavy atom. The van der Waals surface area contributed by atoms with Crippen LogP contribution < -0.4 is 5.73 Å². The van der Waals surface area contributed by atoms with Crippen LogP contribution in [-0.4, -0.2) is 58.6 Å². The lowest BCUT2D eigenvalue weighted by Crippen LogP contribution is -2.57. The van der Waals surface area contributed by atoms with Crippen molar-refractivity contribution >= 4 is 18.0 Å². The van der Waals surface area contributed by atoms with Gasteiger partial charge in [-0.15, -0.1) is 0 Å². The molecule has 1 heterocycles. The number of hydrogen-bond acceptors (Lipinski definition) is 8. The van der Waals surface area contributed by atoms with E-state index in [-0.39, 0.29) is 32.5 Å². The molecule has 160 valence electrons. The molecule has 3 N–H and O–H groups in total. The van der Waals surface area contributed by atoms with Gasteiger partial charge in [0.2, 0.25) is 5.91 Å². The minimum atomic E-state index is -2.12. The zero-order chi connectivity index (χ0) is 21.7. The van der Waals surface area contributed by atoms with Crippen molar-refractivity contribution in [3.63, 3.8) is 0 Å². The van der Waals surface area contributed by atoms with Crippen LogP contribution >= 0.6 is 0 Å². The van der Waals surface area contributed by atoms with Crippen molar-refractivity contribution in [2.24, 2.45) is 5.73 Å². The van der Waals surface area contributed by atoms with Crippen LogP contribution in [0.2, 0.25) is 0 Å². The van der Waals surface area contributed by atoms with Gasteiger partial charge in [0.15, 0.2) is 0 Å². The quantitative estimate of drug-likeness (QED) is 0.675. The number of carbonyl (C=O) groups is 3. The first kappa shape index (κ1) is 22.6. The minimum Gasteiger partial charge on any atom is -0.456 e. The second-order valence-electron chi connectivity index (χ2n) is 7.81. The lowest BCUT2D eigenvalue weighted by atomic mass is 10.1. The summed E-state index contributed by atoms with van der Waals surface area (Å²) >= 11 is 0. The van der Waals surface area contributed by atoms with Crippen LogP contribution in [0.25, 0.3) is 0 Å². The number of carbonyl (C=O) groups excluding carboxylic acids is 3. The van der Waals surface area contributed by atoms with Crippen molar-refractivity contribution in [1.82, 2.24) is 4.90 Å². The fraction of sp³-hybridized carbons (Fsp3) is 0.550. The van der Waals surface area contributed by atoms with Crippen molar-refractivity contribution in [2.75, 3.05) is 13.1 Å². The normalized spacial score (nSPS) is 21.6. The number of ether oxygens (including phenoxy) is 3. The van der Waals surface area contributed by atoms with Crippen LogP contribution in [-0.2, 0) is 30.4 Å². The fourth-order valence-electron chi connectivity index (χ4n) is 2.99. The lowest BCUT2D eigenvalue weighted by Gasteiger charge is -2.35. The van der Waals surface area contributed by atoms with Crippen LogP contribution in [0.4, 0.5) is 4.79 Å². The van der Waals surface area contributed by atoms with E-state index in [1.54, 1.807) is 45.0 Å². The lowest BCUT2D eigenvalue weighted by molar-refractivity contribution is -0.195. The molecule has 0 bridgehead atoms. The molecule has 1 saturated heterocycles. The molecule has 0 radical (unpaired) electrons. The van der Waals surface area contributed by atoms with E-state index in [4.69, 9.17) is 19.9 Å². The molecule has 0 aromatic heterocycles. The first-order valence-electron chi connectivity index (χ1n) is 9.39. The molecule has 1 fully saturated rings. The number of β-amino-alcohol motifs (C(OH)–C–C–N with tert-alkyl or cyclic N) is 1. The molecule has 1 aliphatic rings. The van der Waals surface area contributed by atoms with E-state index in [1.165, 1.54) is 0 Å². The number of aliphatic hydroxyl groups is 1. The number of aliphatic hydroxyl groups excluding tert-OH is 1. The van der Waals surface area contributed by atoms with Crippen molar-refractivity contribution in [2.45, 2.75) is 57.6 Å². The number of nitrogens with two attached hydrogens (primary N) is 1. The van der Waals surface area contributed by atoms with E-state index < -0.39 is 35.5 Å². The van der Waals surface area contributed by atoms with Gasteiger partial charge in [0, 0.05) is 19.4 Å². The number of likely N-dealkylation sites (tertiary alicyclic amines) is 1. The van der Waals surface area contributed by atoms with Crippen LogP contribution in [0.1, 0.15) is 39.2 Å². The molecule has 9 nitrogen and oxygen atoms in total. The Balaban J connectivity index is 2.29. The van der Waals surface area contributed by atoms with Crippen LogP contribution in [0.3, 0.4) is 0 Å². The van der Waals surface area contributed by atoms with Gasteiger partial charge in [-0.2, -0.15) is 0 Å². The minimum absolute atomic E-state index is 0.0347. The van der Waals surface area contributed by atoms with Gasteiger partial charge in [-0.25, -0.2) is 9.59 Å². The summed E-state index contributed by atoms with van der Waals surface area (Å²) < 4.78 is 15.8. The number of esters is 1. The summed E-state index contributed by atoms with van der Waals surface area (Å²) in [4.78, 5) is 38.9. The van der Waals surface area contributed by atoms with Gasteiger partial charge in [-0.1, -0.05) is 30.3 Å². The average molecular weight is 408 g/mol. The number of nitrogens with zero attached hydrogens (tertiary/aromatic N) is 1. The molecule has 2 rings (SSSR count). The van der Waals surface area contributed by atoms with Gasteiger partial charge in [-0.3, -0.25) is 9.69 Å². The van der Waals surface area contributed by atoms with Gasteiger partial charge in [0.1, 0.15) is 12.2 Å². The Labute approximate surface area is 169 Å². The molecular weight excluding hydrogens is 380 g/mol. The van der Waals surface area contributed by atoms with Crippen LogP contribution in [0, 0.1) is 0 Å². The zero-order valence-electron chi connectivity index (χ0n) is 16.9. The molecular formula is C20H28N2O7. The highest BCUT2D eigenvalue weighted by Crippen LogP contribution is 2.34. The zero-order valence-corrected chi connectivity index (χ0v) is 16.9. The Kier molecular flexibility index (Phi) is 7.21. The predicted octanol–water partition coefficient (Wildman–Crippen LogP) is 1.32. The van der Waals surface area contributed by atoms with Gasteiger partial charge in [-0.05, 0) is 26.3 Å². The van der Waals surface area contributed by atoms with Crippen molar-refractivity contribution in [3.8, 4) is 0 Å². The summed E-state index contributed by atoms with van der Waals surface area (Å²) in [6.07, 6.45) is -2.63. The molecule has 0 spiro atoms. The largest absolute Gasteiger partial charge is 0.511 e. The molecule has 1 aromatic rings. The summed E-state index contributed by atoms with van der Waals surface area (Å²) in [6, 6.07) is 8.91. The monoisotopic (exact) mass is 408 g/mol. The second kappa shape index (κ2) is 9.23. The van der Waals surface area contributed by atoms with Crippen LogP contribution in [0.5, 0.6) is 0 Å². The summed E-state index contributed by atoms with van der Waals surface area (Å²) in [5.74, 6) is -1.50. The van der Waals surface area contributed by atoms with Crippen molar-refractivity contribution < 1.29 is 33.7 Å². The van der Waals surface area contributed by atoms with E-state index in [1.807, 2.05) is 6.07 Å². The average Bonchev–Trinajstić information content (AvgIpc) is 2.96. The molecule has 29 heavy (non-hydrogen) atoms. The van der Waals surface area contributed by atoms with Gasteiger partial charge in [0.25, 0.3) is 5.72 Å². The van der Waals surface area contributed by atoms with Gasteiger partial charge >= 0.3 is 12.1 Å². The van der Waals surface area contributed by atoms with E-state index in [0.717, 1.165) is 4.90 Å². The first-order valence-corrected chi connectivity index (χ1v) is 9.39. The highest BCUT2D eigenvalue weighted by molar-refractivity contribution is 5.89. The number of hydrogen-bond donors (Lipinski definition) is 2. The summed E-state index contributed by atoms with van der Waals surface area (Å²) in [5, 5.41) is 10.2. The van der Waals surface area contributed by atoms with Crippen molar-refractivity contribution in [1.29, 1.82) is 0 Å². The first-order chi connectivity index (χ1) is 13.6. The highest BCUT2D eigenvalue weighted by Gasteiger charge is 2.58. The number of amides is 1.